The molecule has 1 amide bonds. The number of carboxylic acid groups (broad SMARTS) is 1. The Morgan fingerprint density at radius 3 is 2.36 bits per heavy atom. The fourth-order valence-corrected chi connectivity index (χ4v) is 3.02. The molecule has 0 heterocycles. The lowest BCUT2D eigenvalue weighted by Crippen LogP contribution is -2.33. The average molecular weight is 373 g/mol. The van der Waals surface area contributed by atoms with Gasteiger partial charge in [-0.25, -0.2) is 17.5 Å². The van der Waals surface area contributed by atoms with Crippen LogP contribution in [-0.4, -0.2) is 60.5 Å². The van der Waals surface area contributed by atoms with Crippen LogP contribution in [0.2, 0.25) is 0 Å². The SMILES string of the molecule is CCN(CCCNC(=O)c1cc(C(=O)O)cc([N+](=O)[O-])c1)S(C)(=O)=O. The smallest absolute Gasteiger partial charge is 0.335 e. The van der Waals surface area contributed by atoms with Crippen molar-refractivity contribution in [2.45, 2.75) is 13.3 Å². The minimum atomic E-state index is -3.32. The van der Waals surface area contributed by atoms with Gasteiger partial charge in [0.1, 0.15) is 0 Å². The summed E-state index contributed by atoms with van der Waals surface area (Å²) in [6.45, 7) is 2.34. The van der Waals surface area contributed by atoms with Crippen molar-refractivity contribution in [1.29, 1.82) is 0 Å². The Morgan fingerprint density at radius 1 is 1.28 bits per heavy atom. The molecule has 0 aliphatic carbocycles. The van der Waals surface area contributed by atoms with Crippen molar-refractivity contribution < 1.29 is 28.0 Å². The van der Waals surface area contributed by atoms with E-state index in [1.807, 2.05) is 0 Å². The van der Waals surface area contributed by atoms with Crippen LogP contribution in [0.3, 0.4) is 0 Å². The first-order chi connectivity index (χ1) is 11.6. The van der Waals surface area contributed by atoms with Gasteiger partial charge in [0.05, 0.1) is 16.7 Å². The Morgan fingerprint density at radius 2 is 1.88 bits per heavy atom. The van der Waals surface area contributed by atoms with E-state index in [4.69, 9.17) is 5.11 Å². The van der Waals surface area contributed by atoms with Crippen molar-refractivity contribution in [2.75, 3.05) is 25.9 Å². The second-order valence-electron chi connectivity index (χ2n) is 5.19. The molecule has 1 aromatic rings. The number of sulfonamides is 1. The van der Waals surface area contributed by atoms with Gasteiger partial charge in [0, 0.05) is 37.3 Å². The van der Waals surface area contributed by atoms with Gasteiger partial charge in [0.2, 0.25) is 10.0 Å². The van der Waals surface area contributed by atoms with E-state index < -0.39 is 32.5 Å². The second-order valence-corrected chi connectivity index (χ2v) is 7.18. The van der Waals surface area contributed by atoms with E-state index in [-0.39, 0.29) is 24.2 Å². The summed E-state index contributed by atoms with van der Waals surface area (Å²) < 4.78 is 24.1. The fourth-order valence-electron chi connectivity index (χ4n) is 2.09. The molecule has 0 saturated carbocycles. The first-order valence-corrected chi connectivity index (χ1v) is 9.17. The summed E-state index contributed by atoms with van der Waals surface area (Å²) in [5.74, 6) is -2.06. The molecule has 0 bridgehead atoms. The van der Waals surface area contributed by atoms with Crippen LogP contribution in [0.5, 0.6) is 0 Å². The molecular weight excluding hydrogens is 354 g/mol. The first kappa shape index (κ1) is 20.5. The molecule has 11 heteroatoms. The van der Waals surface area contributed by atoms with Crippen LogP contribution in [-0.2, 0) is 10.0 Å². The zero-order valence-electron chi connectivity index (χ0n) is 13.8. The fraction of sp³-hybridized carbons (Fsp3) is 0.429. The van der Waals surface area contributed by atoms with Crippen molar-refractivity contribution >= 4 is 27.6 Å². The molecule has 0 radical (unpaired) electrons. The normalized spacial score (nSPS) is 11.3. The highest BCUT2D eigenvalue weighted by molar-refractivity contribution is 7.88. The number of nitrogens with one attached hydrogen (secondary N) is 1. The van der Waals surface area contributed by atoms with Gasteiger partial charge in [-0.05, 0) is 12.5 Å². The number of amides is 1. The summed E-state index contributed by atoms with van der Waals surface area (Å²) in [5, 5.41) is 22.3. The summed E-state index contributed by atoms with van der Waals surface area (Å²) in [6.07, 6.45) is 1.43. The van der Waals surface area contributed by atoms with Crippen molar-refractivity contribution in [2.24, 2.45) is 0 Å². The predicted octanol–water partition coefficient (Wildman–Crippen LogP) is 0.694. The van der Waals surface area contributed by atoms with Crippen LogP contribution < -0.4 is 5.32 Å². The molecule has 0 saturated heterocycles. The Hall–Kier alpha value is -2.53. The Labute approximate surface area is 144 Å². The standard InChI is InChI=1S/C14H19N3O7S/c1-3-16(25(2,23)24)6-4-5-15-13(18)10-7-11(14(19)20)9-12(8-10)17(21)22/h7-9H,3-6H2,1-2H3,(H,15,18)(H,19,20). The monoisotopic (exact) mass is 373 g/mol. The van der Waals surface area contributed by atoms with E-state index in [0.717, 1.165) is 24.5 Å². The minimum Gasteiger partial charge on any atom is -0.478 e. The topological polar surface area (TPSA) is 147 Å². The van der Waals surface area contributed by atoms with Gasteiger partial charge >= 0.3 is 5.97 Å². The molecule has 0 aromatic heterocycles. The van der Waals surface area contributed by atoms with E-state index >= 15 is 0 Å². The van der Waals surface area contributed by atoms with Crippen LogP contribution in [0.4, 0.5) is 5.69 Å². The number of carbonyl (C=O) groups is 2. The van der Waals surface area contributed by atoms with Gasteiger partial charge in [-0.1, -0.05) is 6.92 Å². The van der Waals surface area contributed by atoms with Gasteiger partial charge in [-0.15, -0.1) is 0 Å². The van der Waals surface area contributed by atoms with E-state index in [9.17, 15) is 28.1 Å². The van der Waals surface area contributed by atoms with Crippen LogP contribution in [0.15, 0.2) is 18.2 Å². The van der Waals surface area contributed by atoms with Crippen molar-refractivity contribution in [3.63, 3.8) is 0 Å². The van der Waals surface area contributed by atoms with Crippen LogP contribution in [0, 0.1) is 10.1 Å². The highest BCUT2D eigenvalue weighted by atomic mass is 32.2. The maximum atomic E-state index is 12.0. The summed E-state index contributed by atoms with van der Waals surface area (Å²) in [5.41, 5.74) is -1.02. The third kappa shape index (κ3) is 6.12. The molecule has 0 aliphatic heterocycles. The number of nitro benzene ring substituents is 1. The molecule has 25 heavy (non-hydrogen) atoms. The van der Waals surface area contributed by atoms with Gasteiger partial charge in [-0.2, -0.15) is 0 Å². The second kappa shape index (κ2) is 8.53. The molecule has 10 nitrogen and oxygen atoms in total. The lowest BCUT2D eigenvalue weighted by molar-refractivity contribution is -0.384. The molecule has 2 N–H and O–H groups in total. The Bertz CT molecular complexity index is 744. The third-order valence-electron chi connectivity index (χ3n) is 3.33. The third-order valence-corrected chi connectivity index (χ3v) is 4.71. The number of nitro groups is 1. The molecular formula is C14H19N3O7S. The zero-order valence-corrected chi connectivity index (χ0v) is 14.6. The van der Waals surface area contributed by atoms with Gasteiger partial charge < -0.3 is 10.4 Å². The lowest BCUT2D eigenvalue weighted by atomic mass is 10.1. The number of nitrogens with zero attached hydrogens (tertiary/aromatic N) is 2. The average Bonchev–Trinajstić information content (AvgIpc) is 2.52. The highest BCUT2D eigenvalue weighted by Crippen LogP contribution is 2.17. The van der Waals surface area contributed by atoms with Crippen molar-refractivity contribution in [3.8, 4) is 0 Å². The highest BCUT2D eigenvalue weighted by Gasteiger charge is 2.18. The molecule has 0 unspecified atom stereocenters. The number of hydrogen-bond acceptors (Lipinski definition) is 6. The number of aromatic carboxylic acids is 1. The van der Waals surface area contributed by atoms with E-state index in [0.29, 0.717) is 13.0 Å². The molecule has 0 spiro atoms. The minimum absolute atomic E-state index is 0.135. The largest absolute Gasteiger partial charge is 0.478 e. The number of benzene rings is 1. The molecule has 0 aliphatic rings. The predicted molar refractivity (Wildman–Crippen MR) is 89.1 cm³/mol. The number of non-ortho nitro benzene ring substituents is 1. The van der Waals surface area contributed by atoms with Crippen molar-refractivity contribution in [3.05, 3.63) is 39.4 Å². The zero-order chi connectivity index (χ0) is 19.2. The molecule has 0 fully saturated rings. The van der Waals surface area contributed by atoms with E-state index in [1.54, 1.807) is 6.92 Å². The first-order valence-electron chi connectivity index (χ1n) is 7.32. The Balaban J connectivity index is 2.75. The summed E-state index contributed by atoms with van der Waals surface area (Å²) >= 11 is 0. The number of carboxylic acids is 1. The molecule has 0 atom stereocenters. The summed E-state index contributed by atoms with van der Waals surface area (Å²) in [4.78, 5) is 33.1. The number of carbonyl (C=O) groups excluding carboxylic acids is 1. The van der Waals surface area contributed by atoms with E-state index in [2.05, 4.69) is 5.32 Å². The number of rotatable bonds is 9. The van der Waals surface area contributed by atoms with Gasteiger partial charge in [0.25, 0.3) is 11.6 Å². The lowest BCUT2D eigenvalue weighted by Gasteiger charge is -2.17. The molecule has 1 rings (SSSR count). The van der Waals surface area contributed by atoms with Crippen LogP contribution in [0.25, 0.3) is 0 Å². The quantitative estimate of drug-likeness (QED) is 0.368. The number of hydrogen-bond donors (Lipinski definition) is 2. The maximum Gasteiger partial charge on any atom is 0.335 e. The van der Waals surface area contributed by atoms with Gasteiger partial charge in [0.15, 0.2) is 0 Å². The Kier molecular flexibility index (Phi) is 7.00. The van der Waals surface area contributed by atoms with Crippen LogP contribution >= 0.6 is 0 Å². The van der Waals surface area contributed by atoms with E-state index in [1.165, 1.54) is 4.31 Å². The van der Waals surface area contributed by atoms with Crippen molar-refractivity contribution in [1.82, 2.24) is 9.62 Å². The van der Waals surface area contributed by atoms with Gasteiger partial charge in [-0.3, -0.25) is 14.9 Å². The molecule has 138 valence electrons. The maximum absolute atomic E-state index is 12.0. The summed E-state index contributed by atoms with van der Waals surface area (Å²) in [6, 6.07) is 2.89. The van der Waals surface area contributed by atoms with Crippen LogP contribution in [0.1, 0.15) is 34.1 Å². The molecule has 1 aromatic carbocycles. The summed E-state index contributed by atoms with van der Waals surface area (Å²) in [7, 11) is -3.32.